The molecule has 0 radical (unpaired) electrons. The first kappa shape index (κ1) is 21.8. The molecule has 1 aromatic carbocycles. The minimum atomic E-state index is -1.05. The monoisotopic (exact) mass is 395 g/mol. The summed E-state index contributed by atoms with van der Waals surface area (Å²) in [6.07, 6.45) is -3.97. The molecule has 9 heteroatoms. The van der Waals surface area contributed by atoms with Crippen LogP contribution in [0.15, 0.2) is 30.3 Å². The van der Waals surface area contributed by atoms with Crippen molar-refractivity contribution in [1.82, 2.24) is 0 Å². The maximum Gasteiger partial charge on any atom is 0.303 e. The van der Waals surface area contributed by atoms with Crippen LogP contribution in [0.1, 0.15) is 26.3 Å². The minimum absolute atomic E-state index is 0.199. The number of hydrogen-bond acceptors (Lipinski definition) is 9. The summed E-state index contributed by atoms with van der Waals surface area (Å²) in [5.41, 5.74) is 7.08. The van der Waals surface area contributed by atoms with Crippen molar-refractivity contribution >= 4 is 17.9 Å². The number of benzene rings is 1. The Bertz CT molecular complexity index is 680. The molecule has 1 saturated heterocycles. The molecule has 0 saturated carbocycles. The Hall–Kier alpha value is -2.49. The molecule has 0 bridgehead atoms. The van der Waals surface area contributed by atoms with Crippen molar-refractivity contribution in [3.8, 4) is 0 Å². The molecule has 2 N–H and O–H groups in total. The van der Waals surface area contributed by atoms with E-state index in [1.807, 2.05) is 30.3 Å². The van der Waals surface area contributed by atoms with Crippen LogP contribution >= 0.6 is 0 Å². The van der Waals surface area contributed by atoms with E-state index in [1.165, 1.54) is 20.8 Å². The zero-order chi connectivity index (χ0) is 20.7. The van der Waals surface area contributed by atoms with E-state index >= 15 is 0 Å². The van der Waals surface area contributed by atoms with Crippen LogP contribution < -0.4 is 5.73 Å². The van der Waals surface area contributed by atoms with Gasteiger partial charge in [0.25, 0.3) is 0 Å². The Kier molecular flexibility index (Phi) is 7.91. The van der Waals surface area contributed by atoms with Crippen molar-refractivity contribution in [1.29, 1.82) is 0 Å². The Morgan fingerprint density at radius 1 is 0.964 bits per heavy atom. The highest BCUT2D eigenvalue weighted by Gasteiger charge is 2.49. The largest absolute Gasteiger partial charge is 0.463 e. The van der Waals surface area contributed by atoms with E-state index < -0.39 is 48.6 Å². The Morgan fingerprint density at radius 2 is 1.57 bits per heavy atom. The van der Waals surface area contributed by atoms with Crippen LogP contribution in [0.2, 0.25) is 0 Å². The quantitative estimate of drug-likeness (QED) is 0.524. The lowest BCUT2D eigenvalue weighted by Gasteiger charge is -2.43. The van der Waals surface area contributed by atoms with Crippen molar-refractivity contribution in [3.63, 3.8) is 0 Å². The Labute approximate surface area is 163 Å². The molecule has 1 aromatic rings. The molecule has 0 unspecified atom stereocenters. The molecule has 0 spiro atoms. The van der Waals surface area contributed by atoms with E-state index in [0.717, 1.165) is 5.56 Å². The summed E-state index contributed by atoms with van der Waals surface area (Å²) in [6, 6.07) is 8.42. The van der Waals surface area contributed by atoms with Gasteiger partial charge in [0.05, 0.1) is 12.6 Å². The summed E-state index contributed by atoms with van der Waals surface area (Å²) in [5, 5.41) is 0. The predicted octanol–water partition coefficient (Wildman–Crippen LogP) is 0.682. The number of carbonyl (C=O) groups excluding carboxylic acids is 3. The summed E-state index contributed by atoms with van der Waals surface area (Å²) in [5.74, 6) is -1.76. The van der Waals surface area contributed by atoms with Gasteiger partial charge in [0.1, 0.15) is 12.7 Å². The van der Waals surface area contributed by atoms with Crippen LogP contribution in [-0.4, -0.2) is 55.2 Å². The fraction of sp³-hybridized carbons (Fsp3) is 0.526. The summed E-state index contributed by atoms with van der Waals surface area (Å²) in [4.78, 5) is 34.3. The highest BCUT2D eigenvalue weighted by Crippen LogP contribution is 2.27. The lowest BCUT2D eigenvalue weighted by Crippen LogP contribution is -2.64. The third-order valence-corrected chi connectivity index (χ3v) is 4.00. The Balaban J connectivity index is 2.19. The predicted molar refractivity (Wildman–Crippen MR) is 95.6 cm³/mol. The second-order valence-corrected chi connectivity index (χ2v) is 6.37. The average molecular weight is 395 g/mol. The maximum absolute atomic E-state index is 11.6. The van der Waals surface area contributed by atoms with Gasteiger partial charge in [-0.2, -0.15) is 0 Å². The molecule has 1 aliphatic rings. The smallest absolute Gasteiger partial charge is 0.303 e. The van der Waals surface area contributed by atoms with Crippen molar-refractivity contribution < 1.29 is 38.1 Å². The van der Waals surface area contributed by atoms with Gasteiger partial charge >= 0.3 is 17.9 Å². The molecule has 0 aliphatic carbocycles. The van der Waals surface area contributed by atoms with Crippen LogP contribution in [0.4, 0.5) is 0 Å². The van der Waals surface area contributed by atoms with Gasteiger partial charge in [0.15, 0.2) is 18.5 Å². The molecule has 9 nitrogen and oxygen atoms in total. The number of carbonyl (C=O) groups is 3. The number of esters is 3. The average Bonchev–Trinajstić information content (AvgIpc) is 2.63. The fourth-order valence-electron chi connectivity index (χ4n) is 2.83. The molecule has 154 valence electrons. The van der Waals surface area contributed by atoms with E-state index in [9.17, 15) is 14.4 Å². The van der Waals surface area contributed by atoms with E-state index in [4.69, 9.17) is 29.4 Å². The van der Waals surface area contributed by atoms with Crippen LogP contribution in [0.5, 0.6) is 0 Å². The van der Waals surface area contributed by atoms with Gasteiger partial charge in [-0.15, -0.1) is 0 Å². The fourth-order valence-corrected chi connectivity index (χ4v) is 2.83. The molecular weight excluding hydrogens is 370 g/mol. The normalized spacial score (nSPS) is 26.9. The van der Waals surface area contributed by atoms with E-state index in [0.29, 0.717) is 0 Å². The third kappa shape index (κ3) is 6.29. The van der Waals surface area contributed by atoms with Gasteiger partial charge < -0.3 is 29.4 Å². The van der Waals surface area contributed by atoms with Crippen molar-refractivity contribution in [2.24, 2.45) is 5.73 Å². The summed E-state index contributed by atoms with van der Waals surface area (Å²) in [6.45, 7) is 3.64. The van der Waals surface area contributed by atoms with Gasteiger partial charge in [0, 0.05) is 20.8 Å². The SMILES string of the molecule is CC(=O)OC[C@H]1O[C@H](OCc2ccccc2)[C@H](N)[C@@H](OC(C)=O)[C@@H]1OC(C)=O. The van der Waals surface area contributed by atoms with E-state index in [-0.39, 0.29) is 13.2 Å². The topological polar surface area (TPSA) is 123 Å². The lowest BCUT2D eigenvalue weighted by molar-refractivity contribution is -0.276. The van der Waals surface area contributed by atoms with Crippen molar-refractivity contribution in [2.75, 3.05) is 6.61 Å². The number of ether oxygens (including phenoxy) is 5. The molecule has 1 aliphatic heterocycles. The summed E-state index contributed by atoms with van der Waals surface area (Å²) in [7, 11) is 0. The van der Waals surface area contributed by atoms with Gasteiger partial charge in [-0.05, 0) is 5.56 Å². The molecule has 28 heavy (non-hydrogen) atoms. The zero-order valence-corrected chi connectivity index (χ0v) is 16.0. The summed E-state index contributed by atoms with van der Waals surface area (Å²) >= 11 is 0. The Morgan fingerprint density at radius 3 is 2.14 bits per heavy atom. The standard InChI is InChI=1S/C19H25NO8/c1-11(21)24-10-15-17(26-12(2)22)18(27-13(3)23)16(20)19(28-15)25-9-14-7-5-4-6-8-14/h4-8,15-19H,9-10,20H2,1-3H3/t15-,16-,17-,18-,19+/m1/s1. The van der Waals surface area contributed by atoms with Gasteiger partial charge in [-0.3, -0.25) is 14.4 Å². The summed E-state index contributed by atoms with van der Waals surface area (Å²) < 4.78 is 27.1. The number of rotatable bonds is 7. The van der Waals surface area contributed by atoms with Gasteiger partial charge in [-0.1, -0.05) is 30.3 Å². The van der Waals surface area contributed by atoms with E-state index in [2.05, 4.69) is 0 Å². The second-order valence-electron chi connectivity index (χ2n) is 6.37. The van der Waals surface area contributed by atoms with Crippen molar-refractivity contribution in [2.45, 2.75) is 58.0 Å². The third-order valence-electron chi connectivity index (χ3n) is 4.00. The second kappa shape index (κ2) is 10.2. The maximum atomic E-state index is 11.6. The van der Waals surface area contributed by atoms with Crippen molar-refractivity contribution in [3.05, 3.63) is 35.9 Å². The van der Waals surface area contributed by atoms with Crippen LogP contribution in [0.3, 0.4) is 0 Å². The highest BCUT2D eigenvalue weighted by atomic mass is 16.7. The van der Waals surface area contributed by atoms with Crippen LogP contribution in [0, 0.1) is 0 Å². The minimum Gasteiger partial charge on any atom is -0.463 e. The first-order valence-electron chi connectivity index (χ1n) is 8.82. The van der Waals surface area contributed by atoms with Crippen LogP contribution in [0.25, 0.3) is 0 Å². The molecule has 1 fully saturated rings. The molecule has 0 amide bonds. The number of hydrogen-bond donors (Lipinski definition) is 1. The number of nitrogens with two attached hydrogens (primary N) is 1. The van der Waals surface area contributed by atoms with Gasteiger partial charge in [0.2, 0.25) is 0 Å². The molecule has 0 aromatic heterocycles. The molecular formula is C19H25NO8. The molecule has 5 atom stereocenters. The highest BCUT2D eigenvalue weighted by molar-refractivity contribution is 5.67. The zero-order valence-electron chi connectivity index (χ0n) is 16.0. The molecule has 2 rings (SSSR count). The van der Waals surface area contributed by atoms with Crippen LogP contribution in [-0.2, 0) is 44.7 Å². The first-order valence-corrected chi connectivity index (χ1v) is 8.82. The van der Waals surface area contributed by atoms with Gasteiger partial charge in [-0.25, -0.2) is 0 Å². The molecule has 1 heterocycles. The lowest BCUT2D eigenvalue weighted by atomic mass is 9.97. The first-order chi connectivity index (χ1) is 13.3. The van der Waals surface area contributed by atoms with E-state index in [1.54, 1.807) is 0 Å².